The molecular formula is C14H20N2O. The third kappa shape index (κ3) is 1.84. The molecule has 1 fully saturated rings. The van der Waals surface area contributed by atoms with Gasteiger partial charge in [0.15, 0.2) is 0 Å². The number of fused-ring (bicyclic) bond motifs is 1. The molecule has 17 heavy (non-hydrogen) atoms. The number of rotatable bonds is 2. The first-order valence-corrected chi connectivity index (χ1v) is 6.61. The van der Waals surface area contributed by atoms with Crippen LogP contribution in [-0.4, -0.2) is 18.7 Å². The number of anilines is 2. The monoisotopic (exact) mass is 232 g/mol. The second-order valence-corrected chi connectivity index (χ2v) is 5.08. The van der Waals surface area contributed by atoms with Crippen LogP contribution in [0.4, 0.5) is 11.4 Å². The van der Waals surface area contributed by atoms with Crippen molar-refractivity contribution in [2.24, 2.45) is 0 Å². The quantitative estimate of drug-likeness (QED) is 0.821. The molecule has 0 saturated heterocycles. The summed E-state index contributed by atoms with van der Waals surface area (Å²) in [6.45, 7) is 3.75. The predicted octanol–water partition coefficient (Wildman–Crippen LogP) is 3.24. The summed E-state index contributed by atoms with van der Waals surface area (Å²) in [6, 6.07) is 6.24. The van der Waals surface area contributed by atoms with Crippen molar-refractivity contribution in [3.63, 3.8) is 0 Å². The van der Waals surface area contributed by atoms with Gasteiger partial charge >= 0.3 is 0 Å². The highest BCUT2D eigenvalue weighted by Crippen LogP contribution is 2.42. The highest BCUT2D eigenvalue weighted by atomic mass is 16.5. The zero-order valence-corrected chi connectivity index (χ0v) is 10.4. The third-order valence-corrected chi connectivity index (χ3v) is 3.89. The average Bonchev–Trinajstić information content (AvgIpc) is 2.78. The van der Waals surface area contributed by atoms with E-state index in [2.05, 4.69) is 22.8 Å². The van der Waals surface area contributed by atoms with Gasteiger partial charge in [0.05, 0.1) is 17.8 Å². The Labute approximate surface area is 103 Å². The molecule has 1 aliphatic heterocycles. The summed E-state index contributed by atoms with van der Waals surface area (Å²) in [5.74, 6) is 0.963. The van der Waals surface area contributed by atoms with E-state index in [-0.39, 0.29) is 5.54 Å². The van der Waals surface area contributed by atoms with E-state index in [9.17, 15) is 0 Å². The van der Waals surface area contributed by atoms with Crippen molar-refractivity contribution < 1.29 is 4.74 Å². The summed E-state index contributed by atoms with van der Waals surface area (Å²) in [5.41, 5.74) is 2.62. The van der Waals surface area contributed by atoms with Gasteiger partial charge in [0.25, 0.3) is 0 Å². The van der Waals surface area contributed by atoms with Crippen LogP contribution in [0.15, 0.2) is 18.2 Å². The number of nitrogens with one attached hydrogen (secondary N) is 2. The van der Waals surface area contributed by atoms with E-state index in [1.54, 1.807) is 0 Å². The van der Waals surface area contributed by atoms with Gasteiger partial charge in [-0.2, -0.15) is 0 Å². The predicted molar refractivity (Wildman–Crippen MR) is 70.9 cm³/mol. The van der Waals surface area contributed by atoms with Gasteiger partial charge in [0.2, 0.25) is 0 Å². The van der Waals surface area contributed by atoms with Crippen molar-refractivity contribution in [1.29, 1.82) is 0 Å². The molecule has 1 aliphatic carbocycles. The summed E-state index contributed by atoms with van der Waals surface area (Å²) in [5, 5.41) is 7.29. The largest absolute Gasteiger partial charge is 0.492 e. The van der Waals surface area contributed by atoms with Gasteiger partial charge in [-0.1, -0.05) is 18.9 Å². The van der Waals surface area contributed by atoms with Crippen LogP contribution in [0.25, 0.3) is 0 Å². The lowest BCUT2D eigenvalue weighted by molar-refractivity contribution is 0.341. The fourth-order valence-corrected chi connectivity index (χ4v) is 3.03. The molecule has 2 aliphatic rings. The number of hydrogen-bond acceptors (Lipinski definition) is 3. The molecule has 1 aromatic rings. The first kappa shape index (κ1) is 10.8. The number of benzene rings is 1. The molecule has 1 spiro atoms. The normalized spacial score (nSPS) is 20.5. The minimum absolute atomic E-state index is 0.290. The Hall–Kier alpha value is -1.38. The minimum Gasteiger partial charge on any atom is -0.492 e. The summed E-state index contributed by atoms with van der Waals surface area (Å²) in [7, 11) is 0. The molecule has 0 atom stereocenters. The van der Waals surface area contributed by atoms with E-state index in [1.807, 2.05) is 13.0 Å². The fraction of sp³-hybridized carbons (Fsp3) is 0.571. The van der Waals surface area contributed by atoms with Gasteiger partial charge in [0.1, 0.15) is 11.4 Å². The van der Waals surface area contributed by atoms with Gasteiger partial charge < -0.3 is 15.4 Å². The van der Waals surface area contributed by atoms with Crippen molar-refractivity contribution >= 4 is 11.4 Å². The Morgan fingerprint density at radius 1 is 1.29 bits per heavy atom. The van der Waals surface area contributed by atoms with E-state index in [4.69, 9.17) is 4.74 Å². The first-order chi connectivity index (χ1) is 8.33. The van der Waals surface area contributed by atoms with Crippen LogP contribution < -0.4 is 15.4 Å². The maximum absolute atomic E-state index is 5.65. The Balaban J connectivity index is 1.90. The van der Waals surface area contributed by atoms with Crippen LogP contribution in [0.3, 0.4) is 0 Å². The van der Waals surface area contributed by atoms with E-state index in [1.165, 1.54) is 31.4 Å². The highest BCUT2D eigenvalue weighted by Gasteiger charge is 2.37. The third-order valence-electron chi connectivity index (χ3n) is 3.89. The molecule has 0 bridgehead atoms. The Kier molecular flexibility index (Phi) is 2.61. The Morgan fingerprint density at radius 2 is 2.12 bits per heavy atom. The second-order valence-electron chi connectivity index (χ2n) is 5.08. The smallest absolute Gasteiger partial charge is 0.144 e. The number of ether oxygens (including phenoxy) is 1. The van der Waals surface area contributed by atoms with Crippen LogP contribution in [-0.2, 0) is 0 Å². The van der Waals surface area contributed by atoms with Gasteiger partial charge in [0, 0.05) is 6.54 Å². The lowest BCUT2D eigenvalue weighted by atomic mass is 9.94. The fourth-order valence-electron chi connectivity index (χ4n) is 3.03. The van der Waals surface area contributed by atoms with E-state index >= 15 is 0 Å². The molecule has 3 rings (SSSR count). The highest BCUT2D eigenvalue weighted by molar-refractivity contribution is 5.78. The second kappa shape index (κ2) is 4.13. The van der Waals surface area contributed by atoms with Gasteiger partial charge in [-0.15, -0.1) is 0 Å². The molecule has 3 nitrogen and oxygen atoms in total. The molecule has 92 valence electrons. The molecule has 0 aromatic heterocycles. The molecule has 1 heterocycles. The maximum Gasteiger partial charge on any atom is 0.144 e. The van der Waals surface area contributed by atoms with Crippen molar-refractivity contribution in [3.05, 3.63) is 18.2 Å². The minimum atomic E-state index is 0.290. The Morgan fingerprint density at radius 3 is 2.88 bits per heavy atom. The molecule has 1 saturated carbocycles. The van der Waals surface area contributed by atoms with Crippen LogP contribution in [0.1, 0.15) is 32.6 Å². The SMILES string of the molecule is CCOc1cccc2c1NCC1(CCCC1)N2. The summed E-state index contributed by atoms with van der Waals surface area (Å²) in [6.07, 6.45) is 5.24. The maximum atomic E-state index is 5.65. The summed E-state index contributed by atoms with van der Waals surface area (Å²) >= 11 is 0. The van der Waals surface area contributed by atoms with Gasteiger partial charge in [-0.25, -0.2) is 0 Å². The summed E-state index contributed by atoms with van der Waals surface area (Å²) < 4.78 is 5.65. The van der Waals surface area contributed by atoms with Crippen molar-refractivity contribution in [2.45, 2.75) is 38.1 Å². The lowest BCUT2D eigenvalue weighted by Gasteiger charge is -2.38. The summed E-state index contributed by atoms with van der Waals surface area (Å²) in [4.78, 5) is 0. The average molecular weight is 232 g/mol. The molecule has 2 N–H and O–H groups in total. The molecular weight excluding hydrogens is 212 g/mol. The first-order valence-electron chi connectivity index (χ1n) is 6.61. The topological polar surface area (TPSA) is 33.3 Å². The van der Waals surface area contributed by atoms with Crippen molar-refractivity contribution in [1.82, 2.24) is 0 Å². The standard InChI is InChI=1S/C14H20N2O/c1-2-17-12-7-5-6-11-13(12)15-10-14(16-11)8-3-4-9-14/h5-7,15-16H,2-4,8-10H2,1H3. The number of para-hydroxylation sites is 1. The van der Waals surface area contributed by atoms with Gasteiger partial charge in [-0.3, -0.25) is 0 Å². The van der Waals surface area contributed by atoms with Gasteiger partial charge in [-0.05, 0) is 31.9 Å². The zero-order valence-electron chi connectivity index (χ0n) is 10.4. The van der Waals surface area contributed by atoms with E-state index < -0.39 is 0 Å². The van der Waals surface area contributed by atoms with Crippen LogP contribution in [0, 0.1) is 0 Å². The van der Waals surface area contributed by atoms with Crippen LogP contribution in [0.5, 0.6) is 5.75 Å². The van der Waals surface area contributed by atoms with E-state index in [0.717, 1.165) is 18.0 Å². The van der Waals surface area contributed by atoms with Crippen LogP contribution >= 0.6 is 0 Å². The van der Waals surface area contributed by atoms with Crippen molar-refractivity contribution in [3.8, 4) is 5.75 Å². The molecule has 1 aromatic carbocycles. The van der Waals surface area contributed by atoms with Crippen LogP contribution in [0.2, 0.25) is 0 Å². The molecule has 0 radical (unpaired) electrons. The zero-order chi connectivity index (χ0) is 11.7. The van der Waals surface area contributed by atoms with Crippen molar-refractivity contribution in [2.75, 3.05) is 23.8 Å². The Bertz CT molecular complexity index is 411. The molecule has 3 heteroatoms. The van der Waals surface area contributed by atoms with E-state index in [0.29, 0.717) is 6.61 Å². The number of hydrogen-bond donors (Lipinski definition) is 2. The molecule has 0 amide bonds. The molecule has 0 unspecified atom stereocenters. The lowest BCUT2D eigenvalue weighted by Crippen LogP contribution is -2.45.